The van der Waals surface area contributed by atoms with Crippen molar-refractivity contribution in [1.82, 2.24) is 0 Å². The summed E-state index contributed by atoms with van der Waals surface area (Å²) in [4.78, 5) is 0. The largest absolute Gasteiger partial charge is 0.412 e. The van der Waals surface area contributed by atoms with Crippen LogP contribution in [0.25, 0.3) is 0 Å². The Morgan fingerprint density at radius 3 is 1.80 bits per heavy atom. The lowest BCUT2D eigenvalue weighted by atomic mass is 9.95. The highest BCUT2D eigenvalue weighted by molar-refractivity contribution is 7.01. The van der Waals surface area contributed by atoms with Crippen molar-refractivity contribution in [3.63, 3.8) is 0 Å². The molecule has 0 amide bonds. The molecule has 0 fully saturated rings. The third-order valence-corrected chi connectivity index (χ3v) is 1.31. The van der Waals surface area contributed by atoms with Gasteiger partial charge in [0.25, 0.3) is 6.69 Å². The minimum atomic E-state index is 0. The Morgan fingerprint density at radius 2 is 1.50 bits per heavy atom. The maximum atomic E-state index is 5.53. The van der Waals surface area contributed by atoms with E-state index in [-0.39, 0.29) is 11.0 Å². The van der Waals surface area contributed by atoms with Crippen molar-refractivity contribution in [3.8, 4) is 0 Å². The second-order valence-corrected chi connectivity index (χ2v) is 1.89. The maximum Gasteiger partial charge on any atom is 0.265 e. The Kier molecular flexibility index (Phi) is 8.07. The van der Waals surface area contributed by atoms with Gasteiger partial charge in [-0.1, -0.05) is 35.8 Å². The minimum Gasteiger partial charge on any atom is -0.412 e. The molecule has 2 nitrogen and oxygen atoms in total. The van der Waals surface area contributed by atoms with Crippen LogP contribution in [0.3, 0.4) is 0 Å². The maximum absolute atomic E-state index is 5.53. The molecule has 0 aliphatic carbocycles. The molecule has 0 aromatic heterocycles. The molecular formula is C6H10BClO2. The predicted octanol–water partition coefficient (Wildman–Crippen LogP) is -0.747. The van der Waals surface area contributed by atoms with Crippen molar-refractivity contribution in [2.75, 3.05) is 0 Å². The Balaban J connectivity index is 0. The van der Waals surface area contributed by atoms with Crippen molar-refractivity contribution in [2.45, 2.75) is 0 Å². The van der Waals surface area contributed by atoms with Crippen LogP contribution in [0.4, 0.5) is 0 Å². The summed E-state index contributed by atoms with van der Waals surface area (Å²) in [6, 6.07) is 9.96. The van der Waals surface area contributed by atoms with E-state index in [2.05, 4.69) is 0 Å². The van der Waals surface area contributed by atoms with E-state index in [1.807, 2.05) is 30.3 Å². The van der Waals surface area contributed by atoms with E-state index in [4.69, 9.17) is 11.5 Å². The quantitative estimate of drug-likeness (QED) is 0.486. The standard InChI is InChI=1S/C6H6BCl.2H2O/c8-7-6-4-2-1-3-5-6;;/h1-5,7H;2*1H2. The Morgan fingerprint density at radius 1 is 1.00 bits per heavy atom. The molecule has 0 aliphatic rings. The van der Waals surface area contributed by atoms with Crippen LogP contribution in [-0.4, -0.2) is 17.6 Å². The van der Waals surface area contributed by atoms with Crippen LogP contribution in [0, 0.1) is 0 Å². The van der Waals surface area contributed by atoms with E-state index in [1.54, 1.807) is 0 Å². The molecule has 0 spiro atoms. The van der Waals surface area contributed by atoms with Crippen molar-refractivity contribution in [1.29, 1.82) is 0 Å². The molecule has 0 atom stereocenters. The molecule has 1 rings (SSSR count). The lowest BCUT2D eigenvalue weighted by Gasteiger charge is -1.86. The van der Waals surface area contributed by atoms with Crippen LogP contribution in [0.2, 0.25) is 0 Å². The molecule has 56 valence electrons. The number of hydrogen-bond donors (Lipinski definition) is 0. The monoisotopic (exact) mass is 160 g/mol. The summed E-state index contributed by atoms with van der Waals surface area (Å²) < 4.78 is 0. The molecule has 0 radical (unpaired) electrons. The summed E-state index contributed by atoms with van der Waals surface area (Å²) in [5.41, 5.74) is 1.18. The number of benzene rings is 1. The SMILES string of the molecule is ClBc1ccccc1.O.O. The predicted molar refractivity (Wildman–Crippen MR) is 46.3 cm³/mol. The van der Waals surface area contributed by atoms with Crippen molar-refractivity contribution >= 4 is 23.6 Å². The fraction of sp³-hybridized carbons (Fsp3) is 0. The van der Waals surface area contributed by atoms with Crippen LogP contribution >= 0.6 is 11.5 Å². The second kappa shape index (κ2) is 6.61. The van der Waals surface area contributed by atoms with E-state index in [1.165, 1.54) is 5.46 Å². The zero-order chi connectivity index (χ0) is 5.82. The Bertz CT molecular complexity index is 157. The van der Waals surface area contributed by atoms with E-state index < -0.39 is 0 Å². The molecule has 0 saturated heterocycles. The van der Waals surface area contributed by atoms with Gasteiger partial charge in [0.15, 0.2) is 0 Å². The van der Waals surface area contributed by atoms with Crippen molar-refractivity contribution in [2.24, 2.45) is 0 Å². The molecule has 0 aliphatic heterocycles. The Labute approximate surface area is 65.6 Å². The topological polar surface area (TPSA) is 63.0 Å². The fourth-order valence-electron chi connectivity index (χ4n) is 0.567. The third kappa shape index (κ3) is 3.51. The van der Waals surface area contributed by atoms with Gasteiger partial charge in [-0.05, 0) is 0 Å². The van der Waals surface area contributed by atoms with Crippen LogP contribution in [0.1, 0.15) is 0 Å². The first-order valence-corrected chi connectivity index (χ1v) is 3.07. The van der Waals surface area contributed by atoms with Gasteiger partial charge in [-0.15, -0.1) is 0 Å². The van der Waals surface area contributed by atoms with E-state index in [9.17, 15) is 0 Å². The molecule has 0 saturated carbocycles. The van der Waals surface area contributed by atoms with Crippen molar-refractivity contribution < 1.29 is 11.0 Å². The number of hydrogen-bond acceptors (Lipinski definition) is 0. The molecule has 1 aromatic carbocycles. The zero-order valence-corrected chi connectivity index (χ0v) is 6.23. The van der Waals surface area contributed by atoms with Crippen LogP contribution in [0.5, 0.6) is 0 Å². The Hall–Kier alpha value is -0.505. The number of rotatable bonds is 1. The molecular weight excluding hydrogens is 150 g/mol. The summed E-state index contributed by atoms with van der Waals surface area (Å²) in [6.07, 6.45) is 0. The lowest BCUT2D eigenvalue weighted by Crippen LogP contribution is -2.05. The van der Waals surface area contributed by atoms with Gasteiger partial charge >= 0.3 is 0 Å². The van der Waals surface area contributed by atoms with Crippen LogP contribution in [-0.2, 0) is 0 Å². The van der Waals surface area contributed by atoms with Gasteiger partial charge < -0.3 is 11.0 Å². The van der Waals surface area contributed by atoms with Gasteiger partial charge in [0.2, 0.25) is 0 Å². The second-order valence-electron chi connectivity index (χ2n) is 1.62. The minimum absolute atomic E-state index is 0. The molecule has 0 heterocycles. The van der Waals surface area contributed by atoms with Gasteiger partial charge in [0.1, 0.15) is 0 Å². The molecule has 10 heavy (non-hydrogen) atoms. The van der Waals surface area contributed by atoms with Gasteiger partial charge in [-0.2, -0.15) is 11.5 Å². The van der Waals surface area contributed by atoms with Gasteiger partial charge in [-0.25, -0.2) is 0 Å². The van der Waals surface area contributed by atoms with Crippen LogP contribution < -0.4 is 5.46 Å². The smallest absolute Gasteiger partial charge is 0.265 e. The summed E-state index contributed by atoms with van der Waals surface area (Å²) in [5, 5.41) is 0. The highest BCUT2D eigenvalue weighted by Gasteiger charge is 1.85. The van der Waals surface area contributed by atoms with Gasteiger partial charge in [-0.3, -0.25) is 0 Å². The summed E-state index contributed by atoms with van der Waals surface area (Å²) >= 11 is 5.53. The van der Waals surface area contributed by atoms with Gasteiger partial charge in [0, 0.05) is 0 Å². The summed E-state index contributed by atoms with van der Waals surface area (Å²) in [6.45, 7) is 0.612. The highest BCUT2D eigenvalue weighted by atomic mass is 35.5. The third-order valence-electron chi connectivity index (χ3n) is 0.997. The van der Waals surface area contributed by atoms with Crippen molar-refractivity contribution in [3.05, 3.63) is 30.3 Å². The normalized spacial score (nSPS) is 6.90. The zero-order valence-electron chi connectivity index (χ0n) is 5.47. The van der Waals surface area contributed by atoms with Gasteiger partial charge in [0.05, 0.1) is 0 Å². The molecule has 0 bridgehead atoms. The average Bonchev–Trinajstić information content (AvgIpc) is 1.90. The van der Waals surface area contributed by atoms with Crippen LogP contribution in [0.15, 0.2) is 30.3 Å². The van der Waals surface area contributed by atoms with E-state index >= 15 is 0 Å². The molecule has 4 heteroatoms. The summed E-state index contributed by atoms with van der Waals surface area (Å²) in [5.74, 6) is 0. The lowest BCUT2D eigenvalue weighted by molar-refractivity contribution is 0.823. The van der Waals surface area contributed by atoms with E-state index in [0.29, 0.717) is 6.69 Å². The average molecular weight is 160 g/mol. The molecule has 1 aromatic rings. The first-order chi connectivity index (χ1) is 3.93. The van der Waals surface area contributed by atoms with E-state index in [0.717, 1.165) is 0 Å². The highest BCUT2D eigenvalue weighted by Crippen LogP contribution is 1.81. The number of halogens is 1. The molecule has 4 N–H and O–H groups in total. The molecule has 0 unspecified atom stereocenters. The fourth-order valence-corrected chi connectivity index (χ4v) is 0.745. The first-order valence-electron chi connectivity index (χ1n) is 2.53. The first kappa shape index (κ1) is 12.2. The summed E-state index contributed by atoms with van der Waals surface area (Å²) in [7, 11) is 0.